The number of hydrogen-bond acceptors (Lipinski definition) is 4. The van der Waals surface area contributed by atoms with E-state index in [1.165, 1.54) is 24.3 Å². The highest BCUT2D eigenvalue weighted by atomic mass is 79.9. The van der Waals surface area contributed by atoms with Crippen molar-refractivity contribution in [1.82, 2.24) is 0 Å². The Morgan fingerprint density at radius 3 is 2.62 bits per heavy atom. The van der Waals surface area contributed by atoms with Gasteiger partial charge in [-0.15, -0.1) is 0 Å². The van der Waals surface area contributed by atoms with Crippen LogP contribution in [0.1, 0.15) is 17.3 Å². The van der Waals surface area contributed by atoms with E-state index in [9.17, 15) is 9.18 Å². The molecule has 0 spiro atoms. The Labute approximate surface area is 129 Å². The maximum Gasteiger partial charge on any atom is 0.342 e. The van der Waals surface area contributed by atoms with Crippen LogP contribution in [0.5, 0.6) is 11.5 Å². The van der Waals surface area contributed by atoms with Crippen molar-refractivity contribution < 1.29 is 18.7 Å². The van der Waals surface area contributed by atoms with Crippen molar-refractivity contribution in [3.63, 3.8) is 0 Å². The van der Waals surface area contributed by atoms with Crippen molar-refractivity contribution in [2.45, 2.75) is 6.92 Å². The van der Waals surface area contributed by atoms with Crippen molar-refractivity contribution in [3.8, 4) is 11.5 Å². The molecule has 2 N–H and O–H groups in total. The summed E-state index contributed by atoms with van der Waals surface area (Å²) < 4.78 is 24.8. The zero-order valence-electron chi connectivity index (χ0n) is 11.2. The molecule has 0 aliphatic carbocycles. The quantitative estimate of drug-likeness (QED) is 0.662. The van der Waals surface area contributed by atoms with Crippen molar-refractivity contribution in [1.29, 1.82) is 0 Å². The molecule has 0 aliphatic rings. The molecular formula is C15H13BrFNO3. The Bertz CT molecular complexity index is 676. The molecule has 4 nitrogen and oxygen atoms in total. The minimum atomic E-state index is -0.572. The number of nitrogen functional groups attached to an aromatic ring is 1. The van der Waals surface area contributed by atoms with Gasteiger partial charge in [-0.2, -0.15) is 0 Å². The van der Waals surface area contributed by atoms with Crippen LogP contribution in [0, 0.1) is 5.82 Å². The number of nitrogens with two attached hydrogens (primary N) is 1. The van der Waals surface area contributed by atoms with E-state index in [-0.39, 0.29) is 23.7 Å². The number of esters is 1. The SMILES string of the molecule is CCOC(=O)c1cc(N)ccc1Oc1ccc(Br)cc1F. The van der Waals surface area contributed by atoms with Gasteiger partial charge in [0.25, 0.3) is 0 Å². The molecule has 2 aromatic rings. The molecule has 0 amide bonds. The van der Waals surface area contributed by atoms with Gasteiger partial charge in [-0.1, -0.05) is 15.9 Å². The minimum Gasteiger partial charge on any atom is -0.462 e. The van der Waals surface area contributed by atoms with Gasteiger partial charge in [-0.05, 0) is 43.3 Å². The number of carbonyl (C=O) groups is 1. The van der Waals surface area contributed by atoms with E-state index < -0.39 is 11.8 Å². The molecule has 0 aromatic heterocycles. The zero-order valence-corrected chi connectivity index (χ0v) is 12.8. The maximum absolute atomic E-state index is 13.8. The minimum absolute atomic E-state index is 0.00789. The molecule has 6 heteroatoms. The van der Waals surface area contributed by atoms with Crippen molar-refractivity contribution >= 4 is 27.6 Å². The van der Waals surface area contributed by atoms with Gasteiger partial charge in [0, 0.05) is 10.2 Å². The molecule has 0 aliphatic heterocycles. The summed E-state index contributed by atoms with van der Waals surface area (Å²) in [5, 5.41) is 0. The van der Waals surface area contributed by atoms with Gasteiger partial charge in [-0.25, -0.2) is 9.18 Å². The molecule has 0 fully saturated rings. The highest BCUT2D eigenvalue weighted by Crippen LogP contribution is 2.30. The molecule has 0 atom stereocenters. The number of rotatable bonds is 4. The highest BCUT2D eigenvalue weighted by molar-refractivity contribution is 9.10. The Kier molecular flexibility index (Phi) is 4.80. The average Bonchev–Trinajstić information content (AvgIpc) is 2.43. The van der Waals surface area contributed by atoms with Crippen LogP contribution >= 0.6 is 15.9 Å². The maximum atomic E-state index is 13.8. The van der Waals surface area contributed by atoms with Gasteiger partial charge in [0.05, 0.1) is 6.61 Å². The van der Waals surface area contributed by atoms with E-state index in [0.29, 0.717) is 10.2 Å². The van der Waals surface area contributed by atoms with Gasteiger partial charge in [0.2, 0.25) is 0 Å². The van der Waals surface area contributed by atoms with Crippen LogP contribution in [0.2, 0.25) is 0 Å². The monoisotopic (exact) mass is 353 g/mol. The van der Waals surface area contributed by atoms with Gasteiger partial charge in [-0.3, -0.25) is 0 Å². The number of halogens is 2. The van der Waals surface area contributed by atoms with Gasteiger partial charge >= 0.3 is 5.97 Å². The molecule has 110 valence electrons. The smallest absolute Gasteiger partial charge is 0.342 e. The second kappa shape index (κ2) is 6.58. The summed E-state index contributed by atoms with van der Waals surface area (Å²) >= 11 is 3.16. The number of ether oxygens (including phenoxy) is 2. The van der Waals surface area contributed by atoms with Gasteiger partial charge in [0.15, 0.2) is 11.6 Å². The predicted molar refractivity (Wildman–Crippen MR) is 81.0 cm³/mol. The van der Waals surface area contributed by atoms with Crippen molar-refractivity contribution in [3.05, 3.63) is 52.3 Å². The number of anilines is 1. The molecule has 2 aromatic carbocycles. The lowest BCUT2D eigenvalue weighted by Crippen LogP contribution is -2.07. The van der Waals surface area contributed by atoms with E-state index in [4.69, 9.17) is 15.2 Å². The van der Waals surface area contributed by atoms with Gasteiger partial charge in [0.1, 0.15) is 11.3 Å². The second-order valence-corrected chi connectivity index (χ2v) is 5.07. The van der Waals surface area contributed by atoms with E-state index in [1.807, 2.05) is 0 Å². The molecule has 0 radical (unpaired) electrons. The van der Waals surface area contributed by atoms with Crippen molar-refractivity contribution in [2.75, 3.05) is 12.3 Å². The van der Waals surface area contributed by atoms with Crippen LogP contribution in [0.4, 0.5) is 10.1 Å². The summed E-state index contributed by atoms with van der Waals surface area (Å²) in [5.41, 5.74) is 6.20. The van der Waals surface area contributed by atoms with Crippen LogP contribution < -0.4 is 10.5 Å². The molecular weight excluding hydrogens is 341 g/mol. The summed E-state index contributed by atoms with van der Waals surface area (Å²) in [6.07, 6.45) is 0. The lowest BCUT2D eigenvalue weighted by molar-refractivity contribution is 0.0523. The van der Waals surface area contributed by atoms with E-state index in [0.717, 1.165) is 0 Å². The van der Waals surface area contributed by atoms with Crippen LogP contribution in [-0.4, -0.2) is 12.6 Å². The molecule has 0 saturated heterocycles. The first kappa shape index (κ1) is 15.3. The lowest BCUT2D eigenvalue weighted by atomic mass is 10.2. The van der Waals surface area contributed by atoms with E-state index >= 15 is 0 Å². The number of hydrogen-bond donors (Lipinski definition) is 1. The third-order valence-corrected chi connectivity index (χ3v) is 3.11. The van der Waals surface area contributed by atoms with Crippen LogP contribution in [0.15, 0.2) is 40.9 Å². The Balaban J connectivity index is 2.37. The topological polar surface area (TPSA) is 61.5 Å². The predicted octanol–water partition coefficient (Wildman–Crippen LogP) is 4.14. The molecule has 0 bridgehead atoms. The summed E-state index contributed by atoms with van der Waals surface area (Å²) in [4.78, 5) is 11.9. The standard InChI is InChI=1S/C15H13BrFNO3/c1-2-20-15(19)11-8-10(18)4-6-13(11)21-14-5-3-9(16)7-12(14)17/h3-8H,2,18H2,1H3. The third-order valence-electron chi connectivity index (χ3n) is 2.61. The van der Waals surface area contributed by atoms with Crippen LogP contribution in [-0.2, 0) is 4.74 Å². The van der Waals surface area contributed by atoms with E-state index in [2.05, 4.69) is 15.9 Å². The zero-order chi connectivity index (χ0) is 15.4. The molecule has 21 heavy (non-hydrogen) atoms. The molecule has 0 heterocycles. The van der Waals surface area contributed by atoms with Crippen LogP contribution in [0.3, 0.4) is 0 Å². The second-order valence-electron chi connectivity index (χ2n) is 4.15. The van der Waals surface area contributed by atoms with Gasteiger partial charge < -0.3 is 15.2 Å². The Morgan fingerprint density at radius 2 is 1.95 bits per heavy atom. The first-order chi connectivity index (χ1) is 10.0. The first-order valence-electron chi connectivity index (χ1n) is 6.20. The molecule has 0 saturated carbocycles. The van der Waals surface area contributed by atoms with E-state index in [1.54, 1.807) is 19.1 Å². The number of benzene rings is 2. The summed E-state index contributed by atoms with van der Waals surface area (Å²) in [6, 6.07) is 8.88. The Morgan fingerprint density at radius 1 is 1.24 bits per heavy atom. The average molecular weight is 354 g/mol. The number of carbonyl (C=O) groups excluding carboxylic acids is 1. The largest absolute Gasteiger partial charge is 0.462 e. The summed E-state index contributed by atoms with van der Waals surface area (Å²) in [6.45, 7) is 1.92. The van der Waals surface area contributed by atoms with Crippen LogP contribution in [0.25, 0.3) is 0 Å². The lowest BCUT2D eigenvalue weighted by Gasteiger charge is -2.12. The fourth-order valence-corrected chi connectivity index (χ4v) is 2.01. The molecule has 0 unspecified atom stereocenters. The fourth-order valence-electron chi connectivity index (χ4n) is 1.68. The third kappa shape index (κ3) is 3.72. The highest BCUT2D eigenvalue weighted by Gasteiger charge is 2.16. The fraction of sp³-hybridized carbons (Fsp3) is 0.133. The van der Waals surface area contributed by atoms with Crippen molar-refractivity contribution in [2.24, 2.45) is 0 Å². The first-order valence-corrected chi connectivity index (χ1v) is 7.00. The molecule has 2 rings (SSSR count). The summed E-state index contributed by atoms with van der Waals surface area (Å²) in [7, 11) is 0. The Hall–Kier alpha value is -2.08. The normalized spacial score (nSPS) is 10.2. The summed E-state index contributed by atoms with van der Waals surface area (Å²) in [5.74, 6) is -0.925.